The average Bonchev–Trinajstić information content (AvgIpc) is 2.25. The molecule has 0 aliphatic rings. The molecule has 0 radical (unpaired) electrons. The number of carbonyl (C=O) groups is 1. The first-order chi connectivity index (χ1) is 7.63. The third-order valence-corrected chi connectivity index (χ3v) is 2.01. The van der Waals surface area contributed by atoms with Crippen LogP contribution in [0.15, 0.2) is 18.2 Å². The fourth-order valence-electron chi connectivity index (χ4n) is 1.21. The van der Waals surface area contributed by atoms with E-state index in [1.165, 1.54) is 6.92 Å². The summed E-state index contributed by atoms with van der Waals surface area (Å²) in [5, 5.41) is 2.61. The average molecular weight is 217 g/mol. The predicted octanol–water partition coefficient (Wildman–Crippen LogP) is 1.49. The Bertz CT molecular complexity index is 441. The molecule has 1 aromatic rings. The van der Waals surface area contributed by atoms with Crippen LogP contribution in [0.2, 0.25) is 0 Å². The van der Waals surface area contributed by atoms with E-state index in [-0.39, 0.29) is 5.91 Å². The van der Waals surface area contributed by atoms with E-state index in [0.717, 1.165) is 16.9 Å². The molecule has 1 rings (SSSR count). The molecule has 16 heavy (non-hydrogen) atoms. The van der Waals surface area contributed by atoms with Crippen molar-refractivity contribution in [1.29, 1.82) is 0 Å². The van der Waals surface area contributed by atoms with Crippen LogP contribution in [0.5, 0.6) is 5.75 Å². The molecule has 3 nitrogen and oxygen atoms in total. The SMILES string of the molecule is COc1cc(C)ccc1C#CCNC(C)=O. The minimum absolute atomic E-state index is 0.0785. The monoisotopic (exact) mass is 217 g/mol. The topological polar surface area (TPSA) is 38.3 Å². The van der Waals surface area contributed by atoms with E-state index in [4.69, 9.17) is 4.74 Å². The van der Waals surface area contributed by atoms with Crippen molar-refractivity contribution in [3.8, 4) is 17.6 Å². The van der Waals surface area contributed by atoms with Gasteiger partial charge in [0.2, 0.25) is 5.91 Å². The molecule has 1 amide bonds. The molecule has 0 heterocycles. The molecule has 0 aliphatic carbocycles. The van der Waals surface area contributed by atoms with Crippen LogP contribution in [-0.2, 0) is 4.79 Å². The molecule has 0 unspecified atom stereocenters. The van der Waals surface area contributed by atoms with Crippen LogP contribution in [0.25, 0.3) is 0 Å². The van der Waals surface area contributed by atoms with Crippen LogP contribution in [0.1, 0.15) is 18.1 Å². The van der Waals surface area contributed by atoms with Gasteiger partial charge in [-0.15, -0.1) is 0 Å². The van der Waals surface area contributed by atoms with Crippen LogP contribution in [0.4, 0.5) is 0 Å². The highest BCUT2D eigenvalue weighted by Gasteiger charge is 1.98. The summed E-state index contributed by atoms with van der Waals surface area (Å²) >= 11 is 0. The summed E-state index contributed by atoms with van der Waals surface area (Å²) < 4.78 is 5.21. The van der Waals surface area contributed by atoms with Gasteiger partial charge in [-0.1, -0.05) is 17.9 Å². The molecule has 0 atom stereocenters. The molecule has 1 aromatic carbocycles. The maximum atomic E-state index is 10.6. The van der Waals surface area contributed by atoms with Crippen molar-refractivity contribution in [2.24, 2.45) is 0 Å². The number of rotatable bonds is 2. The molecule has 84 valence electrons. The molecule has 0 bridgehead atoms. The number of methoxy groups -OCH3 is 1. The molecule has 3 heteroatoms. The second-order valence-corrected chi connectivity index (χ2v) is 3.42. The minimum Gasteiger partial charge on any atom is -0.495 e. The van der Waals surface area contributed by atoms with Crippen LogP contribution < -0.4 is 10.1 Å². The van der Waals surface area contributed by atoms with Gasteiger partial charge in [-0.3, -0.25) is 4.79 Å². The van der Waals surface area contributed by atoms with Gasteiger partial charge in [0, 0.05) is 6.92 Å². The van der Waals surface area contributed by atoms with Crippen molar-refractivity contribution in [2.75, 3.05) is 13.7 Å². The second-order valence-electron chi connectivity index (χ2n) is 3.42. The first kappa shape index (κ1) is 12.1. The highest BCUT2D eigenvalue weighted by molar-refractivity contribution is 5.73. The largest absolute Gasteiger partial charge is 0.495 e. The van der Waals surface area contributed by atoms with Gasteiger partial charge in [-0.25, -0.2) is 0 Å². The lowest BCUT2D eigenvalue weighted by atomic mass is 10.1. The summed E-state index contributed by atoms with van der Waals surface area (Å²) in [5.41, 5.74) is 1.96. The molecule has 0 aromatic heterocycles. The number of hydrogen-bond donors (Lipinski definition) is 1. The maximum absolute atomic E-state index is 10.6. The summed E-state index contributed by atoms with van der Waals surface area (Å²) in [6, 6.07) is 5.82. The zero-order chi connectivity index (χ0) is 12.0. The van der Waals surface area contributed by atoms with E-state index in [1.54, 1.807) is 7.11 Å². The van der Waals surface area contributed by atoms with Crippen molar-refractivity contribution in [1.82, 2.24) is 5.32 Å². The first-order valence-corrected chi connectivity index (χ1v) is 5.01. The molecule has 0 saturated heterocycles. The zero-order valence-corrected chi connectivity index (χ0v) is 9.76. The standard InChI is InChI=1S/C13H15NO2/c1-10-6-7-12(13(9-10)16-3)5-4-8-14-11(2)15/h6-7,9H,8H2,1-3H3,(H,14,15). The van der Waals surface area contributed by atoms with Crippen molar-refractivity contribution in [2.45, 2.75) is 13.8 Å². The number of aryl methyl sites for hydroxylation is 1. The van der Waals surface area contributed by atoms with E-state index in [2.05, 4.69) is 17.2 Å². The fourth-order valence-corrected chi connectivity index (χ4v) is 1.21. The summed E-state index contributed by atoms with van der Waals surface area (Å²) in [5.74, 6) is 6.50. The lowest BCUT2D eigenvalue weighted by Gasteiger charge is -2.03. The van der Waals surface area contributed by atoms with E-state index in [1.807, 2.05) is 25.1 Å². The Morgan fingerprint density at radius 3 is 2.88 bits per heavy atom. The van der Waals surface area contributed by atoms with Crippen LogP contribution in [-0.4, -0.2) is 19.6 Å². The van der Waals surface area contributed by atoms with Gasteiger partial charge in [0.25, 0.3) is 0 Å². The lowest BCUT2D eigenvalue weighted by Crippen LogP contribution is -2.19. The molecule has 0 fully saturated rings. The summed E-state index contributed by atoms with van der Waals surface area (Å²) in [4.78, 5) is 10.6. The van der Waals surface area contributed by atoms with E-state index < -0.39 is 0 Å². The van der Waals surface area contributed by atoms with Gasteiger partial charge in [0.05, 0.1) is 19.2 Å². The predicted molar refractivity (Wildman–Crippen MR) is 63.3 cm³/mol. The molecular formula is C13H15NO2. The van der Waals surface area contributed by atoms with Gasteiger partial charge >= 0.3 is 0 Å². The van der Waals surface area contributed by atoms with Crippen LogP contribution in [0, 0.1) is 18.8 Å². The first-order valence-electron chi connectivity index (χ1n) is 5.01. The molecule has 0 aliphatic heterocycles. The quantitative estimate of drug-likeness (QED) is 0.762. The lowest BCUT2D eigenvalue weighted by molar-refractivity contribution is -0.118. The maximum Gasteiger partial charge on any atom is 0.217 e. The summed E-state index contributed by atoms with van der Waals surface area (Å²) in [6.45, 7) is 3.82. The van der Waals surface area contributed by atoms with Crippen LogP contribution in [0.3, 0.4) is 0 Å². The summed E-state index contributed by atoms with van der Waals surface area (Å²) in [7, 11) is 1.62. The molecule has 1 N–H and O–H groups in total. The van der Waals surface area contributed by atoms with Gasteiger partial charge in [-0.2, -0.15) is 0 Å². The van der Waals surface area contributed by atoms with E-state index in [0.29, 0.717) is 6.54 Å². The fraction of sp³-hybridized carbons (Fsp3) is 0.308. The summed E-state index contributed by atoms with van der Waals surface area (Å²) in [6.07, 6.45) is 0. The number of amides is 1. The van der Waals surface area contributed by atoms with Gasteiger partial charge in [0.1, 0.15) is 5.75 Å². The number of nitrogens with one attached hydrogen (secondary N) is 1. The third kappa shape index (κ3) is 3.66. The Morgan fingerprint density at radius 2 is 2.25 bits per heavy atom. The van der Waals surface area contributed by atoms with Gasteiger partial charge in [-0.05, 0) is 24.6 Å². The van der Waals surface area contributed by atoms with E-state index in [9.17, 15) is 4.79 Å². The number of hydrogen-bond acceptors (Lipinski definition) is 2. The minimum atomic E-state index is -0.0785. The highest BCUT2D eigenvalue weighted by Crippen LogP contribution is 2.18. The molecule has 0 saturated carbocycles. The van der Waals surface area contributed by atoms with Crippen molar-refractivity contribution < 1.29 is 9.53 Å². The Labute approximate surface area is 95.8 Å². The van der Waals surface area contributed by atoms with E-state index >= 15 is 0 Å². The van der Waals surface area contributed by atoms with Crippen LogP contribution >= 0.6 is 0 Å². The Balaban J connectivity index is 2.76. The number of benzene rings is 1. The Hall–Kier alpha value is -1.95. The number of carbonyl (C=O) groups excluding carboxylic acids is 1. The normalized spacial score (nSPS) is 8.94. The van der Waals surface area contributed by atoms with Crippen molar-refractivity contribution in [3.05, 3.63) is 29.3 Å². The Kier molecular flexibility index (Phi) is 4.41. The van der Waals surface area contributed by atoms with Gasteiger partial charge < -0.3 is 10.1 Å². The number of ether oxygens (including phenoxy) is 1. The third-order valence-electron chi connectivity index (χ3n) is 2.01. The van der Waals surface area contributed by atoms with Crippen molar-refractivity contribution >= 4 is 5.91 Å². The zero-order valence-electron chi connectivity index (χ0n) is 9.76. The second kappa shape index (κ2) is 5.82. The molecular weight excluding hydrogens is 202 g/mol. The molecule has 0 spiro atoms. The highest BCUT2D eigenvalue weighted by atomic mass is 16.5. The Morgan fingerprint density at radius 1 is 1.50 bits per heavy atom. The van der Waals surface area contributed by atoms with Crippen molar-refractivity contribution in [3.63, 3.8) is 0 Å². The smallest absolute Gasteiger partial charge is 0.217 e. The van der Waals surface area contributed by atoms with Gasteiger partial charge in [0.15, 0.2) is 0 Å².